The minimum absolute atomic E-state index is 0.545. The van der Waals surface area contributed by atoms with Gasteiger partial charge in [-0.3, -0.25) is 0 Å². The molecule has 1 aliphatic carbocycles. The second kappa shape index (κ2) is 6.80. The van der Waals surface area contributed by atoms with E-state index in [1.54, 1.807) is 23.1 Å². The zero-order chi connectivity index (χ0) is 16.4. The van der Waals surface area contributed by atoms with Crippen LogP contribution >= 0.6 is 23.1 Å². The van der Waals surface area contributed by atoms with Crippen LogP contribution in [-0.4, -0.2) is 14.8 Å². The molecule has 0 aliphatic heterocycles. The molecule has 0 N–H and O–H groups in total. The first-order valence-corrected chi connectivity index (χ1v) is 9.78. The van der Waals surface area contributed by atoms with Crippen molar-refractivity contribution in [2.45, 2.75) is 36.2 Å². The molecule has 3 aromatic rings. The highest BCUT2D eigenvalue weighted by Crippen LogP contribution is 2.39. The number of hydrogen-bond acceptors (Lipinski definition) is 5. The van der Waals surface area contributed by atoms with Gasteiger partial charge in [-0.25, -0.2) is 0 Å². The molecule has 1 aliphatic rings. The van der Waals surface area contributed by atoms with Crippen LogP contribution in [0.25, 0.3) is 0 Å². The van der Waals surface area contributed by atoms with E-state index in [-0.39, 0.29) is 0 Å². The van der Waals surface area contributed by atoms with E-state index < -0.39 is 0 Å². The summed E-state index contributed by atoms with van der Waals surface area (Å²) in [5.41, 5.74) is 1.79. The zero-order valence-electron chi connectivity index (χ0n) is 13.1. The van der Waals surface area contributed by atoms with Gasteiger partial charge >= 0.3 is 0 Å². The Hall–Kier alpha value is -2.10. The standard InChI is InChI=1S/C18H16N4S2/c19-11-13-4-1-2-5-14(13)12-24-18-21-20-17(22(18)15-7-8-15)10-16-6-3-9-23-16/h1-6,9,15H,7-8,10,12H2. The number of hydrogen-bond donors (Lipinski definition) is 0. The lowest BCUT2D eigenvalue weighted by Gasteiger charge is -2.08. The SMILES string of the molecule is N#Cc1ccccc1CSc1nnc(Cc2cccs2)n1C1CC1. The van der Waals surface area contributed by atoms with E-state index in [1.807, 2.05) is 24.3 Å². The molecule has 1 fully saturated rings. The van der Waals surface area contributed by atoms with Gasteiger partial charge in [0.25, 0.3) is 0 Å². The van der Waals surface area contributed by atoms with Crippen LogP contribution in [-0.2, 0) is 12.2 Å². The second-order valence-electron chi connectivity index (χ2n) is 5.81. The van der Waals surface area contributed by atoms with Gasteiger partial charge < -0.3 is 4.57 Å². The van der Waals surface area contributed by atoms with Gasteiger partial charge in [0.15, 0.2) is 5.16 Å². The highest BCUT2D eigenvalue weighted by Gasteiger charge is 2.29. The molecule has 120 valence electrons. The molecule has 0 spiro atoms. The number of benzene rings is 1. The molecule has 0 bridgehead atoms. The molecule has 0 radical (unpaired) electrons. The highest BCUT2D eigenvalue weighted by atomic mass is 32.2. The van der Waals surface area contributed by atoms with Gasteiger partial charge in [0, 0.05) is 23.1 Å². The fourth-order valence-electron chi connectivity index (χ4n) is 2.69. The van der Waals surface area contributed by atoms with Crippen LogP contribution in [0.4, 0.5) is 0 Å². The maximum absolute atomic E-state index is 9.22. The number of nitrogens with zero attached hydrogens (tertiary/aromatic N) is 4. The Morgan fingerprint density at radius 1 is 1.21 bits per heavy atom. The molecule has 0 atom stereocenters. The van der Waals surface area contributed by atoms with Crippen LogP contribution in [0.1, 0.15) is 40.7 Å². The van der Waals surface area contributed by atoms with Gasteiger partial charge in [-0.1, -0.05) is 36.0 Å². The smallest absolute Gasteiger partial charge is 0.191 e. The van der Waals surface area contributed by atoms with E-state index in [0.29, 0.717) is 6.04 Å². The van der Waals surface area contributed by atoms with Crippen LogP contribution < -0.4 is 0 Å². The zero-order valence-corrected chi connectivity index (χ0v) is 14.7. The Labute approximate surface area is 149 Å². The number of thiophene rings is 1. The van der Waals surface area contributed by atoms with Crippen molar-refractivity contribution in [2.75, 3.05) is 0 Å². The third-order valence-electron chi connectivity index (χ3n) is 4.05. The van der Waals surface area contributed by atoms with E-state index in [1.165, 1.54) is 17.7 Å². The molecule has 1 aromatic carbocycles. The third kappa shape index (κ3) is 3.23. The summed E-state index contributed by atoms with van der Waals surface area (Å²) in [6.07, 6.45) is 3.26. The van der Waals surface area contributed by atoms with E-state index in [0.717, 1.165) is 34.3 Å². The van der Waals surface area contributed by atoms with Crippen molar-refractivity contribution in [3.05, 3.63) is 63.6 Å². The van der Waals surface area contributed by atoms with Crippen LogP contribution in [0.15, 0.2) is 46.9 Å². The van der Waals surface area contributed by atoms with Crippen molar-refractivity contribution in [2.24, 2.45) is 0 Å². The van der Waals surface area contributed by atoms with Crippen molar-refractivity contribution in [1.29, 1.82) is 5.26 Å². The van der Waals surface area contributed by atoms with E-state index in [4.69, 9.17) is 0 Å². The Morgan fingerprint density at radius 3 is 2.83 bits per heavy atom. The number of rotatable bonds is 6. The van der Waals surface area contributed by atoms with Crippen molar-refractivity contribution in [3.8, 4) is 6.07 Å². The Morgan fingerprint density at radius 2 is 2.08 bits per heavy atom. The van der Waals surface area contributed by atoms with Crippen molar-refractivity contribution >= 4 is 23.1 Å². The summed E-state index contributed by atoms with van der Waals surface area (Å²) in [6, 6.07) is 14.8. The predicted molar refractivity (Wildman–Crippen MR) is 96.1 cm³/mol. The van der Waals surface area contributed by atoms with E-state index >= 15 is 0 Å². The Bertz CT molecular complexity index is 873. The van der Waals surface area contributed by atoms with Gasteiger partial charge in [0.2, 0.25) is 0 Å². The molecule has 0 saturated heterocycles. The third-order valence-corrected chi connectivity index (χ3v) is 5.92. The second-order valence-corrected chi connectivity index (χ2v) is 7.79. The van der Waals surface area contributed by atoms with E-state index in [9.17, 15) is 5.26 Å². The number of thioether (sulfide) groups is 1. The normalized spacial score (nSPS) is 13.8. The van der Waals surface area contributed by atoms with E-state index in [2.05, 4.69) is 38.3 Å². The van der Waals surface area contributed by atoms with Crippen LogP contribution in [0.3, 0.4) is 0 Å². The highest BCUT2D eigenvalue weighted by molar-refractivity contribution is 7.98. The molecule has 4 rings (SSSR count). The first-order valence-electron chi connectivity index (χ1n) is 7.92. The summed E-state index contributed by atoms with van der Waals surface area (Å²) in [5, 5.41) is 21.2. The maximum Gasteiger partial charge on any atom is 0.191 e. The van der Waals surface area contributed by atoms with Crippen molar-refractivity contribution < 1.29 is 0 Å². The van der Waals surface area contributed by atoms with Gasteiger partial charge in [0.1, 0.15) is 5.82 Å². The summed E-state index contributed by atoms with van der Waals surface area (Å²) < 4.78 is 2.30. The minimum Gasteiger partial charge on any atom is -0.303 e. The lowest BCUT2D eigenvalue weighted by molar-refractivity contribution is 0.635. The molecule has 4 nitrogen and oxygen atoms in total. The molecule has 24 heavy (non-hydrogen) atoms. The fourth-order valence-corrected chi connectivity index (χ4v) is 4.42. The van der Waals surface area contributed by atoms with Gasteiger partial charge in [0.05, 0.1) is 11.6 Å². The first kappa shape index (κ1) is 15.4. The van der Waals surface area contributed by atoms with Crippen molar-refractivity contribution in [1.82, 2.24) is 14.8 Å². The monoisotopic (exact) mass is 352 g/mol. The predicted octanol–water partition coefficient (Wildman–Crippen LogP) is 4.43. The van der Waals surface area contributed by atoms with Gasteiger partial charge in [-0.15, -0.1) is 21.5 Å². The molecular formula is C18H16N4S2. The molecule has 0 amide bonds. The largest absolute Gasteiger partial charge is 0.303 e. The minimum atomic E-state index is 0.545. The first-order chi connectivity index (χ1) is 11.8. The van der Waals surface area contributed by atoms with Gasteiger partial charge in [-0.2, -0.15) is 5.26 Å². The molecule has 6 heteroatoms. The number of nitriles is 1. The molecule has 0 unspecified atom stereocenters. The topological polar surface area (TPSA) is 54.5 Å². The number of aromatic nitrogens is 3. The summed E-state index contributed by atoms with van der Waals surface area (Å²) >= 11 is 3.43. The maximum atomic E-state index is 9.22. The molecule has 1 saturated carbocycles. The lowest BCUT2D eigenvalue weighted by Crippen LogP contribution is -2.03. The summed E-state index contributed by atoms with van der Waals surface area (Å²) in [5.74, 6) is 1.80. The van der Waals surface area contributed by atoms with Gasteiger partial charge in [-0.05, 0) is 35.9 Å². The lowest BCUT2D eigenvalue weighted by atomic mass is 10.1. The Balaban J connectivity index is 1.55. The average Bonchev–Trinajstić information content (AvgIpc) is 3.17. The average molecular weight is 352 g/mol. The van der Waals surface area contributed by atoms with Crippen LogP contribution in [0.5, 0.6) is 0 Å². The van der Waals surface area contributed by atoms with Crippen LogP contribution in [0, 0.1) is 11.3 Å². The van der Waals surface area contributed by atoms with Crippen LogP contribution in [0.2, 0.25) is 0 Å². The quantitative estimate of drug-likeness (QED) is 0.616. The molecule has 2 aromatic heterocycles. The molecule has 2 heterocycles. The summed E-state index contributed by atoms with van der Waals surface area (Å²) in [6.45, 7) is 0. The summed E-state index contributed by atoms with van der Waals surface area (Å²) in [4.78, 5) is 1.32. The van der Waals surface area contributed by atoms with Crippen molar-refractivity contribution in [3.63, 3.8) is 0 Å². The molecular weight excluding hydrogens is 336 g/mol. The Kier molecular flexibility index (Phi) is 4.37. The fraction of sp³-hybridized carbons (Fsp3) is 0.278. The summed E-state index contributed by atoms with van der Waals surface area (Å²) in [7, 11) is 0.